The van der Waals surface area contributed by atoms with Gasteiger partial charge < -0.3 is 14.0 Å². The predicted octanol–water partition coefficient (Wildman–Crippen LogP) is 5.25. The van der Waals surface area contributed by atoms with Crippen LogP contribution in [-0.2, 0) is 16.0 Å². The number of ether oxygens (including phenoxy) is 2. The van der Waals surface area contributed by atoms with Gasteiger partial charge in [-0.2, -0.15) is 5.10 Å². The van der Waals surface area contributed by atoms with Crippen LogP contribution >= 0.6 is 0 Å². The van der Waals surface area contributed by atoms with Crippen LogP contribution in [0.25, 0.3) is 27.8 Å². The fraction of sp³-hybridized carbons (Fsp3) is 0.107. The van der Waals surface area contributed by atoms with Crippen molar-refractivity contribution in [3.05, 3.63) is 108 Å². The van der Waals surface area contributed by atoms with E-state index in [1.54, 1.807) is 42.5 Å². The lowest BCUT2D eigenvalue weighted by molar-refractivity contribution is 0.0549. The zero-order valence-electron chi connectivity index (χ0n) is 19.6. The Hall–Kier alpha value is -4.72. The number of nitrogens with zero attached hydrogens (tertiary/aromatic N) is 3. The third kappa shape index (κ3) is 4.02. The smallest absolute Gasteiger partial charge is 0.357 e. The summed E-state index contributed by atoms with van der Waals surface area (Å²) in [6.07, 6.45) is 1.88. The second-order valence-electron chi connectivity index (χ2n) is 8.11. The minimum atomic E-state index is -0.713. The molecule has 180 valence electrons. The van der Waals surface area contributed by atoms with Crippen molar-refractivity contribution >= 4 is 22.8 Å². The minimum absolute atomic E-state index is 0.0124. The monoisotopic (exact) mass is 483 g/mol. The van der Waals surface area contributed by atoms with Gasteiger partial charge in [-0.05, 0) is 36.4 Å². The van der Waals surface area contributed by atoms with Crippen molar-refractivity contribution in [3.8, 4) is 16.9 Å². The summed E-state index contributed by atoms with van der Waals surface area (Å²) in [5.74, 6) is -1.68. The molecule has 5 aromatic rings. The van der Waals surface area contributed by atoms with Crippen LogP contribution < -0.4 is 0 Å². The Balaban J connectivity index is 1.65. The van der Waals surface area contributed by atoms with Crippen LogP contribution in [0.2, 0.25) is 0 Å². The lowest BCUT2D eigenvalue weighted by atomic mass is 10.0. The van der Waals surface area contributed by atoms with Gasteiger partial charge in [-0.25, -0.2) is 18.7 Å². The SMILES string of the molecule is COC(=O)c1c(-c2ccc3c(ccn3Cc3ccccc3F)c2)nn(-c2ccccc2)c1C(=O)OC. The number of carbonyl (C=O) groups excluding carboxylic acids is 2. The van der Waals surface area contributed by atoms with Crippen LogP contribution in [-0.4, -0.2) is 40.5 Å². The Morgan fingerprint density at radius 3 is 2.33 bits per heavy atom. The Morgan fingerprint density at radius 2 is 1.61 bits per heavy atom. The van der Waals surface area contributed by atoms with Crippen molar-refractivity contribution in [1.29, 1.82) is 0 Å². The first kappa shape index (κ1) is 23.0. The Bertz CT molecular complexity index is 1590. The Kier molecular flexibility index (Phi) is 6.08. The molecule has 0 aliphatic heterocycles. The summed E-state index contributed by atoms with van der Waals surface area (Å²) in [4.78, 5) is 25.7. The Morgan fingerprint density at radius 1 is 0.889 bits per heavy atom. The van der Waals surface area contributed by atoms with Gasteiger partial charge in [0.25, 0.3) is 0 Å². The second-order valence-corrected chi connectivity index (χ2v) is 8.11. The van der Waals surface area contributed by atoms with E-state index >= 15 is 0 Å². The van der Waals surface area contributed by atoms with Crippen molar-refractivity contribution in [3.63, 3.8) is 0 Å². The van der Waals surface area contributed by atoms with Gasteiger partial charge in [-0.3, -0.25) is 0 Å². The largest absolute Gasteiger partial charge is 0.465 e. The highest BCUT2D eigenvalue weighted by molar-refractivity contribution is 6.07. The zero-order valence-corrected chi connectivity index (χ0v) is 19.6. The molecule has 0 saturated carbocycles. The fourth-order valence-electron chi connectivity index (χ4n) is 4.25. The van der Waals surface area contributed by atoms with Crippen LogP contribution in [0.3, 0.4) is 0 Å². The fourth-order valence-corrected chi connectivity index (χ4v) is 4.25. The van der Waals surface area contributed by atoms with Crippen LogP contribution in [0.15, 0.2) is 85.1 Å². The molecule has 0 unspecified atom stereocenters. The summed E-state index contributed by atoms with van der Waals surface area (Å²) in [6.45, 7) is 0.373. The second kappa shape index (κ2) is 9.50. The van der Waals surface area contributed by atoms with Gasteiger partial charge in [-0.1, -0.05) is 42.5 Å². The molecule has 0 aliphatic rings. The van der Waals surface area contributed by atoms with Gasteiger partial charge in [0.05, 0.1) is 26.5 Å². The van der Waals surface area contributed by atoms with E-state index in [9.17, 15) is 14.0 Å². The number of para-hydroxylation sites is 1. The first-order valence-electron chi connectivity index (χ1n) is 11.2. The summed E-state index contributed by atoms with van der Waals surface area (Å²) in [5.41, 5.74) is 2.95. The molecule has 0 spiro atoms. The van der Waals surface area contributed by atoms with Crippen molar-refractivity contribution in [2.24, 2.45) is 0 Å². The van der Waals surface area contributed by atoms with Gasteiger partial charge in [0.1, 0.15) is 17.1 Å². The zero-order chi connectivity index (χ0) is 25.2. The standard InChI is InChI=1S/C28H22FN3O4/c1-35-27(33)24-25(30-32(26(24)28(34)36-2)21-9-4-3-5-10-21)19-12-13-23-18(16-19)14-15-31(23)17-20-8-6-7-11-22(20)29/h3-16H,17H2,1-2H3. The number of methoxy groups -OCH3 is 2. The number of esters is 2. The molecule has 2 heterocycles. The third-order valence-corrected chi connectivity index (χ3v) is 6.00. The van der Waals surface area contributed by atoms with Crippen LogP contribution in [0.1, 0.15) is 26.4 Å². The average Bonchev–Trinajstić information content (AvgIpc) is 3.51. The normalized spacial score (nSPS) is 11.0. The van der Waals surface area contributed by atoms with Crippen molar-refractivity contribution in [2.45, 2.75) is 6.54 Å². The predicted molar refractivity (Wildman–Crippen MR) is 133 cm³/mol. The van der Waals surface area contributed by atoms with E-state index < -0.39 is 11.9 Å². The molecule has 0 aliphatic carbocycles. The van der Waals surface area contributed by atoms with E-state index in [-0.39, 0.29) is 22.8 Å². The summed E-state index contributed by atoms with van der Waals surface area (Å²) in [6, 6.07) is 23.1. The molecule has 0 fully saturated rings. The molecule has 0 radical (unpaired) electrons. The van der Waals surface area contributed by atoms with Crippen molar-refractivity contribution < 1.29 is 23.5 Å². The van der Waals surface area contributed by atoms with Gasteiger partial charge in [0.2, 0.25) is 0 Å². The number of halogens is 1. The number of aromatic nitrogens is 3. The third-order valence-electron chi connectivity index (χ3n) is 6.00. The average molecular weight is 483 g/mol. The van der Waals surface area contributed by atoms with Gasteiger partial charge in [0, 0.05) is 28.2 Å². The number of hydrogen-bond acceptors (Lipinski definition) is 5. The highest BCUT2D eigenvalue weighted by Gasteiger charge is 2.31. The van der Waals surface area contributed by atoms with E-state index in [2.05, 4.69) is 5.10 Å². The van der Waals surface area contributed by atoms with Gasteiger partial charge in [0.15, 0.2) is 5.69 Å². The minimum Gasteiger partial charge on any atom is -0.465 e. The van der Waals surface area contributed by atoms with Crippen LogP contribution in [0, 0.1) is 5.82 Å². The molecular formula is C28H22FN3O4. The molecular weight excluding hydrogens is 461 g/mol. The summed E-state index contributed by atoms with van der Waals surface area (Å²) in [5, 5.41) is 5.51. The first-order chi connectivity index (χ1) is 17.5. The highest BCUT2D eigenvalue weighted by atomic mass is 19.1. The number of carbonyl (C=O) groups is 2. The molecule has 0 atom stereocenters. The van der Waals surface area contributed by atoms with E-state index in [4.69, 9.17) is 9.47 Å². The number of hydrogen-bond donors (Lipinski definition) is 0. The van der Waals surface area contributed by atoms with E-state index in [1.165, 1.54) is 25.0 Å². The van der Waals surface area contributed by atoms with E-state index in [0.29, 0.717) is 23.4 Å². The Labute approximate surface area is 206 Å². The van der Waals surface area contributed by atoms with Crippen molar-refractivity contribution in [2.75, 3.05) is 14.2 Å². The number of fused-ring (bicyclic) bond motifs is 1. The summed E-state index contributed by atoms with van der Waals surface area (Å²) < 4.78 is 27.5. The molecule has 0 bridgehead atoms. The molecule has 36 heavy (non-hydrogen) atoms. The maximum atomic E-state index is 14.2. The molecule has 3 aromatic carbocycles. The van der Waals surface area contributed by atoms with Crippen molar-refractivity contribution in [1.82, 2.24) is 14.3 Å². The maximum absolute atomic E-state index is 14.2. The highest BCUT2D eigenvalue weighted by Crippen LogP contribution is 2.31. The lowest BCUT2D eigenvalue weighted by Gasteiger charge is -2.08. The molecule has 0 amide bonds. The van der Waals surface area contributed by atoms with Crippen LogP contribution in [0.4, 0.5) is 4.39 Å². The first-order valence-corrected chi connectivity index (χ1v) is 11.2. The topological polar surface area (TPSA) is 75.4 Å². The van der Waals surface area contributed by atoms with E-state index in [0.717, 1.165) is 10.9 Å². The van der Waals surface area contributed by atoms with Crippen LogP contribution in [0.5, 0.6) is 0 Å². The maximum Gasteiger partial charge on any atom is 0.357 e. The molecule has 7 nitrogen and oxygen atoms in total. The lowest BCUT2D eigenvalue weighted by Crippen LogP contribution is -2.15. The molecule has 8 heteroatoms. The van der Waals surface area contributed by atoms with Gasteiger partial charge >= 0.3 is 11.9 Å². The summed E-state index contributed by atoms with van der Waals surface area (Å²) >= 11 is 0. The number of benzene rings is 3. The molecule has 2 aromatic heterocycles. The molecule has 5 rings (SSSR count). The number of rotatable bonds is 6. The molecule has 0 saturated heterocycles. The van der Waals surface area contributed by atoms with Gasteiger partial charge in [-0.15, -0.1) is 0 Å². The summed E-state index contributed by atoms with van der Waals surface area (Å²) in [7, 11) is 2.49. The van der Waals surface area contributed by atoms with E-state index in [1.807, 2.05) is 41.1 Å². The molecule has 0 N–H and O–H groups in total. The quantitative estimate of drug-likeness (QED) is 0.308.